The number of carbonyl (C=O) groups is 1. The number of anilines is 2. The van der Waals surface area contributed by atoms with E-state index in [-0.39, 0.29) is 23.3 Å². The lowest BCUT2D eigenvalue weighted by molar-refractivity contribution is -0.124. The van der Waals surface area contributed by atoms with Gasteiger partial charge in [-0.15, -0.1) is 5.10 Å². The van der Waals surface area contributed by atoms with Crippen LogP contribution in [0.3, 0.4) is 0 Å². The highest BCUT2D eigenvalue weighted by molar-refractivity contribution is 5.90. The van der Waals surface area contributed by atoms with E-state index in [2.05, 4.69) is 10.3 Å². The van der Waals surface area contributed by atoms with Gasteiger partial charge in [0, 0.05) is 36.8 Å². The molecule has 0 radical (unpaired) electrons. The zero-order chi connectivity index (χ0) is 20.0. The number of rotatable bonds is 4. The van der Waals surface area contributed by atoms with Crippen LogP contribution >= 0.6 is 0 Å². The molecule has 3 saturated heterocycles. The number of amides is 1. The first-order valence-corrected chi connectivity index (χ1v) is 9.67. The summed E-state index contributed by atoms with van der Waals surface area (Å²) in [5.74, 6) is -1.35. The normalized spacial score (nSPS) is 23.4. The van der Waals surface area contributed by atoms with E-state index in [1.807, 2.05) is 0 Å². The molecule has 3 aliphatic rings. The molecule has 0 bridgehead atoms. The molecule has 154 valence electrons. The van der Waals surface area contributed by atoms with E-state index < -0.39 is 23.8 Å². The molecule has 2 aromatic rings. The number of halogens is 2. The Morgan fingerprint density at radius 1 is 1.17 bits per heavy atom. The lowest BCUT2D eigenvalue weighted by Crippen LogP contribution is -2.51. The summed E-state index contributed by atoms with van der Waals surface area (Å²) in [5, 5.41) is 7.54. The first-order chi connectivity index (χ1) is 14.0. The van der Waals surface area contributed by atoms with E-state index in [1.165, 1.54) is 23.2 Å². The van der Waals surface area contributed by atoms with Gasteiger partial charge in [0.1, 0.15) is 11.8 Å². The van der Waals surface area contributed by atoms with Crippen molar-refractivity contribution in [1.29, 1.82) is 0 Å². The van der Waals surface area contributed by atoms with Crippen LogP contribution in [-0.4, -0.2) is 60.0 Å². The van der Waals surface area contributed by atoms with Crippen LogP contribution in [0.4, 0.5) is 25.0 Å². The Morgan fingerprint density at radius 2 is 1.90 bits per heavy atom. The van der Waals surface area contributed by atoms with Gasteiger partial charge < -0.3 is 14.4 Å². The molecule has 3 fully saturated rings. The van der Waals surface area contributed by atoms with Crippen molar-refractivity contribution in [3.63, 3.8) is 0 Å². The van der Waals surface area contributed by atoms with Gasteiger partial charge in [-0.25, -0.2) is 18.3 Å². The van der Waals surface area contributed by atoms with Gasteiger partial charge in [0.2, 0.25) is 0 Å². The Labute approximate surface area is 166 Å². The third-order valence-electron chi connectivity index (χ3n) is 6.01. The second-order valence-electron chi connectivity index (χ2n) is 7.98. The third kappa shape index (κ3) is 3.31. The molecule has 1 aromatic carbocycles. The highest BCUT2D eigenvalue weighted by atomic mass is 19.1. The van der Waals surface area contributed by atoms with Gasteiger partial charge in [-0.05, 0) is 12.8 Å². The van der Waals surface area contributed by atoms with E-state index >= 15 is 0 Å². The summed E-state index contributed by atoms with van der Waals surface area (Å²) in [6.07, 6.45) is 3.79. The predicted octanol–water partition coefficient (Wildman–Crippen LogP) is 2.20. The molecule has 29 heavy (non-hydrogen) atoms. The summed E-state index contributed by atoms with van der Waals surface area (Å²) >= 11 is 0. The van der Waals surface area contributed by atoms with Crippen LogP contribution in [0.2, 0.25) is 0 Å². The maximum Gasteiger partial charge on any atom is 0.414 e. The van der Waals surface area contributed by atoms with Crippen molar-refractivity contribution < 1.29 is 23.0 Å². The Balaban J connectivity index is 1.31. The van der Waals surface area contributed by atoms with Crippen LogP contribution < -0.4 is 9.80 Å². The fraction of sp³-hybridized carbons (Fsp3) is 0.526. The Bertz CT molecular complexity index is 886. The molecule has 5 rings (SSSR count). The minimum absolute atomic E-state index is 0.0319. The van der Waals surface area contributed by atoms with E-state index in [9.17, 15) is 13.6 Å². The van der Waals surface area contributed by atoms with Crippen molar-refractivity contribution in [2.45, 2.75) is 25.5 Å². The van der Waals surface area contributed by atoms with Crippen molar-refractivity contribution in [2.24, 2.45) is 5.41 Å². The van der Waals surface area contributed by atoms with Crippen molar-refractivity contribution in [3.8, 4) is 0 Å². The van der Waals surface area contributed by atoms with Crippen molar-refractivity contribution in [2.75, 3.05) is 42.6 Å². The van der Waals surface area contributed by atoms with E-state index in [0.29, 0.717) is 19.6 Å². The zero-order valence-corrected chi connectivity index (χ0v) is 15.8. The summed E-state index contributed by atoms with van der Waals surface area (Å²) in [6.45, 7) is 3.15. The number of hydrogen-bond donors (Lipinski definition) is 0. The second-order valence-corrected chi connectivity index (χ2v) is 7.98. The molecular formula is C19H21F2N5O3. The smallest absolute Gasteiger partial charge is 0.414 e. The van der Waals surface area contributed by atoms with Gasteiger partial charge in [0.25, 0.3) is 0 Å². The van der Waals surface area contributed by atoms with Crippen LogP contribution in [0, 0.1) is 17.0 Å². The second kappa shape index (κ2) is 6.94. The predicted molar refractivity (Wildman–Crippen MR) is 98.7 cm³/mol. The molecule has 3 aliphatic heterocycles. The molecule has 8 nitrogen and oxygen atoms in total. The summed E-state index contributed by atoms with van der Waals surface area (Å²) in [4.78, 5) is 15.2. The molecule has 1 unspecified atom stereocenters. The monoisotopic (exact) mass is 405 g/mol. The maximum absolute atomic E-state index is 14.9. The van der Waals surface area contributed by atoms with Crippen LogP contribution in [-0.2, 0) is 16.0 Å². The largest absolute Gasteiger partial charge is 0.442 e. The van der Waals surface area contributed by atoms with Gasteiger partial charge in [0.15, 0.2) is 11.6 Å². The number of nitrogens with zero attached hydrogens (tertiary/aromatic N) is 5. The van der Waals surface area contributed by atoms with Crippen LogP contribution in [0.1, 0.15) is 12.8 Å². The van der Waals surface area contributed by atoms with Crippen molar-refractivity contribution in [1.82, 2.24) is 15.0 Å². The van der Waals surface area contributed by atoms with Crippen molar-refractivity contribution in [3.05, 3.63) is 36.2 Å². The van der Waals surface area contributed by atoms with Crippen LogP contribution in [0.25, 0.3) is 0 Å². The molecule has 0 aliphatic carbocycles. The molecule has 4 heterocycles. The third-order valence-corrected chi connectivity index (χ3v) is 6.01. The van der Waals surface area contributed by atoms with Crippen molar-refractivity contribution >= 4 is 17.5 Å². The fourth-order valence-electron chi connectivity index (χ4n) is 4.26. The molecule has 1 aromatic heterocycles. The summed E-state index contributed by atoms with van der Waals surface area (Å²) in [6, 6.07) is 2.41. The van der Waals surface area contributed by atoms with E-state index in [4.69, 9.17) is 9.47 Å². The average Bonchev–Trinajstić information content (AvgIpc) is 3.30. The highest BCUT2D eigenvalue weighted by Crippen LogP contribution is 2.41. The van der Waals surface area contributed by atoms with Gasteiger partial charge in [-0.1, -0.05) is 5.21 Å². The van der Waals surface area contributed by atoms with Gasteiger partial charge in [-0.2, -0.15) is 0 Å². The first kappa shape index (κ1) is 18.3. The van der Waals surface area contributed by atoms with Crippen LogP contribution in [0.5, 0.6) is 0 Å². The van der Waals surface area contributed by atoms with Gasteiger partial charge in [0.05, 0.1) is 38.2 Å². The average molecular weight is 405 g/mol. The Kier molecular flexibility index (Phi) is 4.38. The standard InChI is InChI=1S/C19H21F2N5O3/c20-15-7-13(26-10-14(29-18(26)27)9-25-6-3-22-23-25)8-16(21)17(15)24-4-1-19(2-5-24)11-28-12-19/h3,6-8,14H,1-2,4-5,9-12H2. The van der Waals surface area contributed by atoms with Gasteiger partial charge in [-0.3, -0.25) is 4.90 Å². The molecule has 10 heteroatoms. The topological polar surface area (TPSA) is 72.7 Å². The van der Waals surface area contributed by atoms with E-state index in [1.54, 1.807) is 15.8 Å². The fourth-order valence-corrected chi connectivity index (χ4v) is 4.26. The number of carbonyl (C=O) groups excluding carboxylic acids is 1. The molecule has 0 N–H and O–H groups in total. The first-order valence-electron chi connectivity index (χ1n) is 9.67. The number of hydrogen-bond acceptors (Lipinski definition) is 6. The molecule has 1 amide bonds. The lowest BCUT2D eigenvalue weighted by atomic mass is 9.77. The highest BCUT2D eigenvalue weighted by Gasteiger charge is 2.42. The number of benzene rings is 1. The minimum Gasteiger partial charge on any atom is -0.442 e. The zero-order valence-electron chi connectivity index (χ0n) is 15.8. The SMILES string of the molecule is O=C1OC(Cn2ccnn2)CN1c1cc(F)c(N2CCC3(CC2)COC3)c(F)c1. The summed E-state index contributed by atoms with van der Waals surface area (Å²) in [7, 11) is 0. The molecule has 1 atom stereocenters. The summed E-state index contributed by atoms with van der Waals surface area (Å²) < 4.78 is 41.9. The molecular weight excluding hydrogens is 384 g/mol. The minimum atomic E-state index is -0.673. The lowest BCUT2D eigenvalue weighted by Gasteiger charge is -2.47. The maximum atomic E-state index is 14.9. The quantitative estimate of drug-likeness (QED) is 0.777. The molecule has 0 saturated carbocycles. The Hall–Kier alpha value is -2.75. The molecule has 1 spiro atoms. The van der Waals surface area contributed by atoms with Crippen LogP contribution in [0.15, 0.2) is 24.5 Å². The van der Waals surface area contributed by atoms with E-state index in [0.717, 1.165) is 26.1 Å². The van der Waals surface area contributed by atoms with Gasteiger partial charge >= 0.3 is 6.09 Å². The number of aromatic nitrogens is 3. The summed E-state index contributed by atoms with van der Waals surface area (Å²) in [5.41, 5.74) is 0.299. The number of cyclic esters (lactones) is 1. The number of ether oxygens (including phenoxy) is 2. The Morgan fingerprint density at radius 3 is 2.48 bits per heavy atom. The number of piperidine rings is 1.